The van der Waals surface area contributed by atoms with Gasteiger partial charge >= 0.3 is 0 Å². The van der Waals surface area contributed by atoms with Crippen molar-refractivity contribution in [3.63, 3.8) is 0 Å². The molecule has 5 rings (SSSR count). The summed E-state index contributed by atoms with van der Waals surface area (Å²) in [4.78, 5) is 17.7. The van der Waals surface area contributed by atoms with Crippen LogP contribution in [0.4, 0.5) is 10.1 Å². The number of anilines is 1. The second kappa shape index (κ2) is 8.96. The number of imidazole rings is 1. The normalized spacial score (nSPS) is 25.2. The van der Waals surface area contributed by atoms with E-state index in [0.29, 0.717) is 29.9 Å². The van der Waals surface area contributed by atoms with Crippen molar-refractivity contribution < 1.29 is 14.3 Å². The van der Waals surface area contributed by atoms with Crippen LogP contribution in [0.3, 0.4) is 0 Å². The number of hydrogen-bond donors (Lipinski definition) is 2. The molecule has 2 heterocycles. The average molecular weight is 525 g/mol. The minimum atomic E-state index is -1.00. The van der Waals surface area contributed by atoms with Crippen LogP contribution in [-0.4, -0.2) is 30.3 Å². The summed E-state index contributed by atoms with van der Waals surface area (Å²) in [6.07, 6.45) is 4.48. The highest BCUT2D eigenvalue weighted by Gasteiger charge is 2.52. The second-order valence-corrected chi connectivity index (χ2v) is 11.5. The summed E-state index contributed by atoms with van der Waals surface area (Å²) >= 11 is 5.87. The summed E-state index contributed by atoms with van der Waals surface area (Å²) < 4.78 is 16.9. The Morgan fingerprint density at radius 1 is 1.27 bits per heavy atom. The first kappa shape index (κ1) is 25.4. The zero-order valence-corrected chi connectivity index (χ0v) is 22.1. The Labute approximate surface area is 220 Å². The third kappa shape index (κ3) is 4.42. The van der Waals surface area contributed by atoms with Crippen molar-refractivity contribution in [2.45, 2.75) is 56.5 Å². The molecule has 2 fully saturated rings. The van der Waals surface area contributed by atoms with Gasteiger partial charge in [-0.3, -0.25) is 9.48 Å². The van der Waals surface area contributed by atoms with Gasteiger partial charge in [-0.15, -0.1) is 0 Å². The SMILES string of the molecule is Cn1cnc(C2CC3CC(O)(c4cc(C(C)(C)C#N)nn4C)CC3C2)c1C(=O)Nc1ccc(F)c(Cl)c1. The van der Waals surface area contributed by atoms with Gasteiger partial charge in [0.05, 0.1) is 39.9 Å². The van der Waals surface area contributed by atoms with Crippen LogP contribution in [-0.2, 0) is 25.1 Å². The fourth-order valence-corrected chi connectivity index (χ4v) is 6.33. The minimum Gasteiger partial charge on any atom is -0.384 e. The highest BCUT2D eigenvalue weighted by Crippen LogP contribution is 2.57. The number of benzene rings is 1. The molecule has 10 heteroatoms. The lowest BCUT2D eigenvalue weighted by Gasteiger charge is -2.25. The molecule has 194 valence electrons. The van der Waals surface area contributed by atoms with Gasteiger partial charge in [0.1, 0.15) is 17.1 Å². The Balaban J connectivity index is 1.32. The van der Waals surface area contributed by atoms with Gasteiger partial charge in [-0.05, 0) is 75.6 Å². The number of rotatable bonds is 5. The topological polar surface area (TPSA) is 109 Å². The van der Waals surface area contributed by atoms with E-state index in [9.17, 15) is 19.6 Å². The standard InChI is InChI=1S/C27H30ClFN6O2/c1-26(2,13-30)21-10-22(35(4)33-21)27(37)11-16-7-15(8-17(16)12-27)23-24(34(3)14-31-23)25(36)32-18-5-6-20(29)19(28)9-18/h5-6,9-10,14-17,37H,7-8,11-12H2,1-4H3,(H,32,36). The molecule has 1 amide bonds. The first-order valence-corrected chi connectivity index (χ1v) is 12.8. The number of nitrogens with one attached hydrogen (secondary N) is 1. The molecule has 1 aromatic carbocycles. The number of carbonyl (C=O) groups is 1. The highest BCUT2D eigenvalue weighted by molar-refractivity contribution is 6.31. The molecular weight excluding hydrogens is 495 g/mol. The lowest BCUT2D eigenvalue weighted by atomic mass is 9.87. The molecule has 8 nitrogen and oxygen atoms in total. The summed E-state index contributed by atoms with van der Waals surface area (Å²) in [5, 5.41) is 28.4. The molecule has 2 aliphatic carbocycles. The molecule has 0 radical (unpaired) electrons. The zero-order valence-electron chi connectivity index (χ0n) is 21.3. The van der Waals surface area contributed by atoms with Gasteiger partial charge in [0.25, 0.3) is 5.91 Å². The van der Waals surface area contributed by atoms with Gasteiger partial charge < -0.3 is 15.0 Å². The van der Waals surface area contributed by atoms with Crippen LogP contribution < -0.4 is 5.32 Å². The largest absolute Gasteiger partial charge is 0.384 e. The van der Waals surface area contributed by atoms with Gasteiger partial charge in [-0.2, -0.15) is 10.4 Å². The fraction of sp³-hybridized carbons (Fsp3) is 0.481. The van der Waals surface area contributed by atoms with Crippen molar-refractivity contribution in [1.82, 2.24) is 19.3 Å². The molecule has 0 aliphatic heterocycles. The van der Waals surface area contributed by atoms with E-state index in [4.69, 9.17) is 11.6 Å². The van der Waals surface area contributed by atoms with E-state index in [-0.39, 0.29) is 28.7 Å². The van der Waals surface area contributed by atoms with Crippen molar-refractivity contribution in [3.8, 4) is 6.07 Å². The maximum Gasteiger partial charge on any atom is 0.274 e. The Kier molecular flexibility index (Phi) is 6.16. The number of amides is 1. The van der Waals surface area contributed by atoms with Crippen LogP contribution in [0.1, 0.15) is 73.0 Å². The average Bonchev–Trinajstić information content (AvgIpc) is 3.58. The molecule has 2 N–H and O–H groups in total. The third-order valence-corrected chi connectivity index (χ3v) is 8.35. The maximum atomic E-state index is 13.5. The van der Waals surface area contributed by atoms with Crippen LogP contribution in [0.5, 0.6) is 0 Å². The lowest BCUT2D eigenvalue weighted by molar-refractivity contribution is 0.0263. The Bertz CT molecular complexity index is 1410. The zero-order chi connectivity index (χ0) is 26.7. The van der Waals surface area contributed by atoms with Crippen molar-refractivity contribution in [2.24, 2.45) is 25.9 Å². The maximum absolute atomic E-state index is 13.5. The van der Waals surface area contributed by atoms with Crippen LogP contribution in [0.25, 0.3) is 0 Å². The molecule has 0 saturated heterocycles. The molecule has 2 aliphatic rings. The molecule has 2 aromatic heterocycles. The van der Waals surface area contributed by atoms with E-state index in [1.165, 1.54) is 18.2 Å². The van der Waals surface area contributed by atoms with Gasteiger partial charge in [-0.25, -0.2) is 9.37 Å². The fourth-order valence-electron chi connectivity index (χ4n) is 6.15. The summed E-state index contributed by atoms with van der Waals surface area (Å²) in [6, 6.07) is 8.21. The van der Waals surface area contributed by atoms with Crippen molar-refractivity contribution in [3.05, 3.63) is 64.2 Å². The quantitative estimate of drug-likeness (QED) is 0.498. The predicted octanol–water partition coefficient (Wildman–Crippen LogP) is 4.79. The second-order valence-electron chi connectivity index (χ2n) is 11.1. The number of hydrogen-bond acceptors (Lipinski definition) is 5. The van der Waals surface area contributed by atoms with E-state index >= 15 is 0 Å². The van der Waals surface area contributed by atoms with E-state index in [2.05, 4.69) is 21.5 Å². The molecule has 2 atom stereocenters. The predicted molar refractivity (Wildman–Crippen MR) is 137 cm³/mol. The van der Waals surface area contributed by atoms with Crippen LogP contribution in [0.15, 0.2) is 30.6 Å². The summed E-state index contributed by atoms with van der Waals surface area (Å²) in [5.41, 5.74) is 1.28. The molecule has 0 spiro atoms. The number of aliphatic hydroxyl groups is 1. The van der Waals surface area contributed by atoms with Crippen LogP contribution in [0.2, 0.25) is 5.02 Å². The smallest absolute Gasteiger partial charge is 0.274 e. The highest BCUT2D eigenvalue weighted by atomic mass is 35.5. The molecule has 0 bridgehead atoms. The van der Waals surface area contributed by atoms with E-state index in [0.717, 1.165) is 24.2 Å². The first-order chi connectivity index (χ1) is 17.4. The van der Waals surface area contributed by atoms with Crippen LogP contribution in [0, 0.1) is 29.0 Å². The van der Waals surface area contributed by atoms with Crippen molar-refractivity contribution in [1.29, 1.82) is 5.26 Å². The monoisotopic (exact) mass is 524 g/mol. The molecule has 3 aromatic rings. The van der Waals surface area contributed by atoms with Gasteiger partial charge in [0.15, 0.2) is 0 Å². The van der Waals surface area contributed by atoms with Gasteiger partial charge in [-0.1, -0.05) is 11.6 Å². The number of nitrogens with zero attached hydrogens (tertiary/aromatic N) is 5. The number of aromatic nitrogens is 4. The summed E-state index contributed by atoms with van der Waals surface area (Å²) in [6.45, 7) is 3.64. The third-order valence-electron chi connectivity index (χ3n) is 8.06. The van der Waals surface area contributed by atoms with Crippen molar-refractivity contribution >= 4 is 23.2 Å². The van der Waals surface area contributed by atoms with Crippen molar-refractivity contribution in [2.75, 3.05) is 5.32 Å². The van der Waals surface area contributed by atoms with E-state index < -0.39 is 16.8 Å². The number of aryl methyl sites for hydroxylation is 2. The van der Waals surface area contributed by atoms with Gasteiger partial charge in [0.2, 0.25) is 0 Å². The lowest BCUT2D eigenvalue weighted by Crippen LogP contribution is -2.26. The number of carbonyl (C=O) groups excluding carboxylic acids is 1. The first-order valence-electron chi connectivity index (χ1n) is 12.4. The Hall–Kier alpha value is -3.22. The van der Waals surface area contributed by atoms with E-state index in [1.807, 2.05) is 27.0 Å². The molecular formula is C27H30ClFN6O2. The Morgan fingerprint density at radius 3 is 2.57 bits per heavy atom. The molecule has 2 unspecified atom stereocenters. The summed E-state index contributed by atoms with van der Waals surface area (Å²) in [5.74, 6) is -0.210. The molecule has 2 saturated carbocycles. The van der Waals surface area contributed by atoms with Gasteiger partial charge in [0, 0.05) is 25.7 Å². The summed E-state index contributed by atoms with van der Waals surface area (Å²) in [7, 11) is 3.59. The molecule has 37 heavy (non-hydrogen) atoms. The Morgan fingerprint density at radius 2 is 1.95 bits per heavy atom. The van der Waals surface area contributed by atoms with Crippen LogP contribution >= 0.6 is 11.6 Å². The number of halogens is 2. The minimum absolute atomic E-state index is 0.0594. The number of nitriles is 1. The van der Waals surface area contributed by atoms with E-state index in [1.54, 1.807) is 22.6 Å². The number of fused-ring (bicyclic) bond motifs is 1.